The summed E-state index contributed by atoms with van der Waals surface area (Å²) in [6, 6.07) is 0. The maximum Gasteiger partial charge on any atom is 0.224 e. The van der Waals surface area contributed by atoms with Gasteiger partial charge >= 0.3 is 0 Å². The molecule has 1 fully saturated rings. The number of hydrogen-bond acceptors (Lipinski definition) is 4. The van der Waals surface area contributed by atoms with Crippen LogP contribution in [0.5, 0.6) is 0 Å². The number of nitrogens with one attached hydrogen (secondary N) is 1. The molecule has 0 bridgehead atoms. The third-order valence-electron chi connectivity index (χ3n) is 3.12. The molecule has 1 aromatic heterocycles. The van der Waals surface area contributed by atoms with Crippen LogP contribution in [-0.2, 0) is 0 Å². The minimum atomic E-state index is -0.528. The molecule has 6 heteroatoms. The average Bonchev–Trinajstić information content (AvgIpc) is 2.32. The number of aliphatic hydroxyl groups is 1. The Labute approximate surface area is 104 Å². The van der Waals surface area contributed by atoms with Crippen LogP contribution in [0, 0.1) is 11.7 Å². The Balaban J connectivity index is 1.94. The van der Waals surface area contributed by atoms with E-state index in [4.69, 9.17) is 11.6 Å². The van der Waals surface area contributed by atoms with Gasteiger partial charge < -0.3 is 10.4 Å². The second-order valence-electron chi connectivity index (χ2n) is 4.33. The fourth-order valence-corrected chi connectivity index (χ4v) is 2.26. The molecule has 2 rings (SSSR count). The molecule has 17 heavy (non-hydrogen) atoms. The van der Waals surface area contributed by atoms with Gasteiger partial charge in [0, 0.05) is 12.5 Å². The standard InChI is InChI=1S/C11H15ClFN3O/c12-11-15-6-8(13)10(16-11)14-5-7-3-1-2-4-9(7)17/h6-7,9,17H,1-5H2,(H,14,15,16)/t7-,9?/m1/s1. The van der Waals surface area contributed by atoms with Gasteiger partial charge in [-0.25, -0.2) is 9.37 Å². The van der Waals surface area contributed by atoms with Crippen molar-refractivity contribution in [2.45, 2.75) is 31.8 Å². The fraction of sp³-hybridized carbons (Fsp3) is 0.636. The van der Waals surface area contributed by atoms with Gasteiger partial charge in [0.15, 0.2) is 11.6 Å². The summed E-state index contributed by atoms with van der Waals surface area (Å²) in [6.45, 7) is 0.505. The highest BCUT2D eigenvalue weighted by Gasteiger charge is 2.23. The van der Waals surface area contributed by atoms with Crippen LogP contribution in [-0.4, -0.2) is 27.7 Å². The Morgan fingerprint density at radius 3 is 3.00 bits per heavy atom. The molecule has 0 aromatic carbocycles. The summed E-state index contributed by atoms with van der Waals surface area (Å²) in [6.07, 6.45) is 4.67. The molecule has 0 spiro atoms. The Morgan fingerprint density at radius 2 is 2.24 bits per heavy atom. The minimum Gasteiger partial charge on any atom is -0.393 e. The zero-order valence-corrected chi connectivity index (χ0v) is 10.1. The van der Waals surface area contributed by atoms with E-state index < -0.39 is 5.82 Å². The van der Waals surface area contributed by atoms with E-state index in [1.54, 1.807) is 0 Å². The molecule has 1 saturated carbocycles. The smallest absolute Gasteiger partial charge is 0.224 e. The van der Waals surface area contributed by atoms with Gasteiger partial charge in [-0.1, -0.05) is 12.8 Å². The topological polar surface area (TPSA) is 58.0 Å². The second kappa shape index (κ2) is 5.60. The SMILES string of the molecule is OC1CCCC[C@@H]1CNc1nc(Cl)ncc1F. The number of aliphatic hydroxyl groups excluding tert-OH is 1. The Morgan fingerprint density at radius 1 is 1.47 bits per heavy atom. The van der Waals surface area contributed by atoms with Gasteiger partial charge in [0.2, 0.25) is 5.28 Å². The third kappa shape index (κ3) is 3.26. The summed E-state index contributed by atoms with van der Waals surface area (Å²) in [7, 11) is 0. The lowest BCUT2D eigenvalue weighted by Crippen LogP contribution is -2.30. The van der Waals surface area contributed by atoms with Crippen LogP contribution in [0.2, 0.25) is 5.28 Å². The molecule has 0 amide bonds. The van der Waals surface area contributed by atoms with Crippen LogP contribution in [0.3, 0.4) is 0 Å². The van der Waals surface area contributed by atoms with Crippen molar-refractivity contribution in [2.24, 2.45) is 5.92 Å². The van der Waals surface area contributed by atoms with Crippen LogP contribution in [0.15, 0.2) is 6.20 Å². The molecule has 94 valence electrons. The molecule has 1 aromatic rings. The van der Waals surface area contributed by atoms with Gasteiger partial charge in [0.1, 0.15) is 0 Å². The van der Waals surface area contributed by atoms with Crippen molar-refractivity contribution in [3.63, 3.8) is 0 Å². The molecule has 1 unspecified atom stereocenters. The number of nitrogens with zero attached hydrogens (tertiary/aromatic N) is 2. The van der Waals surface area contributed by atoms with Gasteiger partial charge in [-0.05, 0) is 24.4 Å². The van der Waals surface area contributed by atoms with Crippen LogP contribution in [0.25, 0.3) is 0 Å². The molecular weight excluding hydrogens is 245 g/mol. The van der Waals surface area contributed by atoms with Crippen LogP contribution >= 0.6 is 11.6 Å². The van der Waals surface area contributed by atoms with Gasteiger partial charge in [-0.15, -0.1) is 0 Å². The number of rotatable bonds is 3. The number of anilines is 1. The summed E-state index contributed by atoms with van der Waals surface area (Å²) in [5, 5.41) is 12.7. The zero-order chi connectivity index (χ0) is 12.3. The maximum absolute atomic E-state index is 13.3. The molecule has 1 aliphatic carbocycles. The molecule has 1 heterocycles. The summed E-state index contributed by atoms with van der Waals surface area (Å²) >= 11 is 5.59. The lowest BCUT2D eigenvalue weighted by Gasteiger charge is -2.27. The van der Waals surface area contributed by atoms with E-state index in [-0.39, 0.29) is 23.1 Å². The van der Waals surface area contributed by atoms with Gasteiger partial charge in [-0.2, -0.15) is 4.98 Å². The Hall–Kier alpha value is -0.940. The number of aromatic nitrogens is 2. The third-order valence-corrected chi connectivity index (χ3v) is 3.30. The van der Waals surface area contributed by atoms with Crippen molar-refractivity contribution in [3.05, 3.63) is 17.3 Å². The van der Waals surface area contributed by atoms with E-state index in [9.17, 15) is 9.50 Å². The molecule has 4 nitrogen and oxygen atoms in total. The van der Waals surface area contributed by atoms with Gasteiger partial charge in [0.05, 0.1) is 12.3 Å². The largest absolute Gasteiger partial charge is 0.393 e. The lowest BCUT2D eigenvalue weighted by atomic mass is 9.86. The maximum atomic E-state index is 13.3. The van der Waals surface area contributed by atoms with Crippen LogP contribution in [0.4, 0.5) is 10.2 Å². The first-order valence-corrected chi connectivity index (χ1v) is 6.14. The molecule has 0 saturated heterocycles. The van der Waals surface area contributed by atoms with E-state index in [1.807, 2.05) is 0 Å². The quantitative estimate of drug-likeness (QED) is 0.818. The van der Waals surface area contributed by atoms with Crippen molar-refractivity contribution < 1.29 is 9.50 Å². The minimum absolute atomic E-state index is 0.0121. The molecule has 2 atom stereocenters. The summed E-state index contributed by atoms with van der Waals surface area (Å²) in [4.78, 5) is 7.31. The van der Waals surface area contributed by atoms with Crippen molar-refractivity contribution in [1.82, 2.24) is 9.97 Å². The van der Waals surface area contributed by atoms with E-state index in [2.05, 4.69) is 15.3 Å². The van der Waals surface area contributed by atoms with E-state index in [1.165, 1.54) is 0 Å². The summed E-state index contributed by atoms with van der Waals surface area (Å²) < 4.78 is 13.3. The first kappa shape index (κ1) is 12.5. The Bertz CT molecular complexity index is 391. The first-order chi connectivity index (χ1) is 8.16. The van der Waals surface area contributed by atoms with Crippen molar-refractivity contribution >= 4 is 17.4 Å². The number of halogens is 2. The highest BCUT2D eigenvalue weighted by molar-refractivity contribution is 6.28. The average molecular weight is 260 g/mol. The van der Waals surface area contributed by atoms with Crippen LogP contribution in [0.1, 0.15) is 25.7 Å². The number of hydrogen-bond donors (Lipinski definition) is 2. The molecule has 2 N–H and O–H groups in total. The summed E-state index contributed by atoms with van der Waals surface area (Å²) in [5.41, 5.74) is 0. The first-order valence-electron chi connectivity index (χ1n) is 5.77. The molecule has 0 aliphatic heterocycles. The molecule has 0 radical (unpaired) electrons. The normalized spacial score (nSPS) is 24.6. The summed E-state index contributed by atoms with van der Waals surface area (Å²) in [5.74, 6) is -0.278. The van der Waals surface area contributed by atoms with Crippen molar-refractivity contribution in [2.75, 3.05) is 11.9 Å². The Kier molecular flexibility index (Phi) is 4.12. The second-order valence-corrected chi connectivity index (χ2v) is 4.67. The predicted molar refractivity (Wildman–Crippen MR) is 63.5 cm³/mol. The van der Waals surface area contributed by atoms with Gasteiger partial charge in [0.25, 0.3) is 0 Å². The lowest BCUT2D eigenvalue weighted by molar-refractivity contribution is 0.0762. The fourth-order valence-electron chi connectivity index (χ4n) is 2.12. The highest BCUT2D eigenvalue weighted by Crippen LogP contribution is 2.24. The van der Waals surface area contributed by atoms with Crippen molar-refractivity contribution in [1.29, 1.82) is 0 Å². The highest BCUT2D eigenvalue weighted by atomic mass is 35.5. The van der Waals surface area contributed by atoms with E-state index in [0.717, 1.165) is 31.9 Å². The molecule has 1 aliphatic rings. The van der Waals surface area contributed by atoms with E-state index in [0.29, 0.717) is 6.54 Å². The van der Waals surface area contributed by atoms with E-state index >= 15 is 0 Å². The monoisotopic (exact) mass is 259 g/mol. The predicted octanol–water partition coefficient (Wildman–Crippen LogP) is 2.23. The van der Waals surface area contributed by atoms with Crippen LogP contribution < -0.4 is 5.32 Å². The molecular formula is C11H15ClFN3O. The van der Waals surface area contributed by atoms with Crippen molar-refractivity contribution in [3.8, 4) is 0 Å². The van der Waals surface area contributed by atoms with Gasteiger partial charge in [-0.3, -0.25) is 0 Å². The zero-order valence-electron chi connectivity index (χ0n) is 9.37.